The van der Waals surface area contributed by atoms with E-state index in [9.17, 15) is 0 Å². The molecule has 4 heterocycles. The highest BCUT2D eigenvalue weighted by Crippen LogP contribution is 2.32. The number of anilines is 2. The van der Waals surface area contributed by atoms with Gasteiger partial charge in [0, 0.05) is 23.5 Å². The number of hydrogen-bond donors (Lipinski definition) is 1. The average Bonchev–Trinajstić information content (AvgIpc) is 3.28. The normalized spacial score (nSPS) is 11.3. The summed E-state index contributed by atoms with van der Waals surface area (Å²) in [7, 11) is 1.92. The number of hydrogen-bond acceptors (Lipinski definition) is 9. The van der Waals surface area contributed by atoms with E-state index < -0.39 is 0 Å². The highest BCUT2D eigenvalue weighted by atomic mass is 32.2. The predicted octanol–water partition coefficient (Wildman–Crippen LogP) is 3.66. The number of nitrogens with one attached hydrogen (secondary N) is 1. The Balaban J connectivity index is 1.53. The lowest BCUT2D eigenvalue weighted by Gasteiger charge is -2.07. The quantitative estimate of drug-likeness (QED) is 0.495. The third-order valence-electron chi connectivity index (χ3n) is 3.88. The van der Waals surface area contributed by atoms with Crippen LogP contribution < -0.4 is 5.32 Å². The number of pyridine rings is 1. The van der Waals surface area contributed by atoms with Crippen molar-refractivity contribution in [2.45, 2.75) is 10.1 Å². The van der Waals surface area contributed by atoms with Crippen LogP contribution in [0.15, 0.2) is 59.2 Å². The maximum atomic E-state index is 4.57. The third-order valence-corrected chi connectivity index (χ3v) is 5.81. The van der Waals surface area contributed by atoms with Crippen molar-refractivity contribution in [3.05, 3.63) is 49.2 Å². The fraction of sp³-hybridized carbons (Fsp3) is 0.0588. The summed E-state index contributed by atoms with van der Waals surface area (Å²) in [5.41, 5.74) is 1.72. The molecule has 0 aliphatic rings. The molecule has 0 spiro atoms. The molecule has 0 radical (unpaired) electrons. The summed E-state index contributed by atoms with van der Waals surface area (Å²) in [6.45, 7) is 0. The smallest absolute Gasteiger partial charge is 0.195 e. The molecule has 0 saturated carbocycles. The number of aromatic nitrogens is 7. The van der Waals surface area contributed by atoms with Crippen molar-refractivity contribution >= 4 is 55.3 Å². The molecule has 0 aliphatic heterocycles. The number of fused-ring (bicyclic) bond motifs is 2. The molecule has 0 fully saturated rings. The van der Waals surface area contributed by atoms with Gasteiger partial charge >= 0.3 is 0 Å². The summed E-state index contributed by atoms with van der Waals surface area (Å²) in [5.74, 6) is 0.708. The van der Waals surface area contributed by atoms with Crippen LogP contribution in [-0.4, -0.2) is 34.7 Å². The van der Waals surface area contributed by atoms with Crippen molar-refractivity contribution < 1.29 is 0 Å². The van der Waals surface area contributed by atoms with E-state index in [1.54, 1.807) is 18.9 Å². The summed E-state index contributed by atoms with van der Waals surface area (Å²) < 4.78 is 1.88. The topological polar surface area (TPSA) is 94.3 Å². The third kappa shape index (κ3) is 3.09. The number of benzene rings is 1. The van der Waals surface area contributed by atoms with Crippen molar-refractivity contribution in [2.24, 2.45) is 7.05 Å². The van der Waals surface area contributed by atoms with Gasteiger partial charge in [0.05, 0.1) is 5.52 Å². The zero-order chi connectivity index (χ0) is 18.2. The summed E-state index contributed by atoms with van der Waals surface area (Å²) in [5, 5.41) is 13.8. The lowest BCUT2D eigenvalue weighted by atomic mass is 10.2. The molecule has 1 aromatic carbocycles. The molecule has 132 valence electrons. The van der Waals surface area contributed by atoms with Gasteiger partial charge in [0.2, 0.25) is 0 Å². The summed E-state index contributed by atoms with van der Waals surface area (Å²) >= 11 is 3.03. The SMILES string of the molecule is Cn1cnnc1Sc1ccc2ncnc(Nc3nc4cccnc4s3)c2c1. The second-order valence-corrected chi connectivity index (χ2v) is 7.72. The Morgan fingerprint density at radius 3 is 2.93 bits per heavy atom. The van der Waals surface area contributed by atoms with E-state index in [1.165, 1.54) is 23.1 Å². The van der Waals surface area contributed by atoms with Crippen LogP contribution >= 0.6 is 23.1 Å². The van der Waals surface area contributed by atoms with Crippen molar-refractivity contribution in [1.29, 1.82) is 0 Å². The van der Waals surface area contributed by atoms with Gasteiger partial charge in [0.1, 0.15) is 28.8 Å². The van der Waals surface area contributed by atoms with Crippen LogP contribution in [0.1, 0.15) is 0 Å². The monoisotopic (exact) mass is 392 g/mol. The van der Waals surface area contributed by atoms with Crippen LogP contribution in [0.25, 0.3) is 21.3 Å². The van der Waals surface area contributed by atoms with E-state index >= 15 is 0 Å². The van der Waals surface area contributed by atoms with Crippen molar-refractivity contribution in [3.63, 3.8) is 0 Å². The fourth-order valence-corrected chi connectivity index (χ4v) is 4.20. The van der Waals surface area contributed by atoms with E-state index in [-0.39, 0.29) is 0 Å². The molecule has 1 N–H and O–H groups in total. The fourth-order valence-electron chi connectivity index (χ4n) is 2.59. The van der Waals surface area contributed by atoms with Crippen LogP contribution in [-0.2, 0) is 7.05 Å². The molecule has 0 bridgehead atoms. The van der Waals surface area contributed by atoms with E-state index in [4.69, 9.17) is 0 Å². The van der Waals surface area contributed by atoms with Crippen molar-refractivity contribution in [2.75, 3.05) is 5.32 Å². The molecule has 4 aromatic heterocycles. The van der Waals surface area contributed by atoms with Gasteiger partial charge in [0.15, 0.2) is 10.3 Å². The zero-order valence-corrected chi connectivity index (χ0v) is 15.7. The molecule has 0 atom stereocenters. The first-order chi connectivity index (χ1) is 13.3. The zero-order valence-electron chi connectivity index (χ0n) is 14.1. The minimum Gasteiger partial charge on any atom is -0.316 e. The highest BCUT2D eigenvalue weighted by Gasteiger charge is 2.11. The van der Waals surface area contributed by atoms with Gasteiger partial charge < -0.3 is 9.88 Å². The van der Waals surface area contributed by atoms with Gasteiger partial charge in [-0.3, -0.25) is 0 Å². The van der Waals surface area contributed by atoms with Gasteiger partial charge in [-0.1, -0.05) is 11.3 Å². The Morgan fingerprint density at radius 2 is 2.07 bits per heavy atom. The van der Waals surface area contributed by atoms with Gasteiger partial charge in [-0.25, -0.2) is 19.9 Å². The molecular weight excluding hydrogens is 380 g/mol. The Morgan fingerprint density at radius 1 is 1.11 bits per heavy atom. The molecule has 0 unspecified atom stereocenters. The van der Waals surface area contributed by atoms with Gasteiger partial charge in [0.25, 0.3) is 0 Å². The number of nitrogens with zero attached hydrogens (tertiary/aromatic N) is 7. The molecule has 10 heteroatoms. The van der Waals surface area contributed by atoms with Crippen LogP contribution in [0.2, 0.25) is 0 Å². The van der Waals surface area contributed by atoms with Crippen molar-refractivity contribution in [1.82, 2.24) is 34.7 Å². The van der Waals surface area contributed by atoms with Crippen molar-refractivity contribution in [3.8, 4) is 0 Å². The Bertz CT molecular complexity index is 1230. The molecule has 27 heavy (non-hydrogen) atoms. The van der Waals surface area contributed by atoms with E-state index in [0.717, 1.165) is 36.4 Å². The maximum Gasteiger partial charge on any atom is 0.195 e. The van der Waals surface area contributed by atoms with Gasteiger partial charge in [-0.2, -0.15) is 0 Å². The molecular formula is C17H12N8S2. The van der Waals surface area contributed by atoms with Crippen LogP contribution in [0.4, 0.5) is 10.9 Å². The standard InChI is InChI=1S/C17H12N8S2/c1-25-9-21-24-17(25)26-10-4-5-12-11(7-10)14(20-8-19-12)23-16-22-13-3-2-6-18-15(13)27-16/h2-9H,1H3,(H,19,20,22,23). The number of aryl methyl sites for hydroxylation is 1. The molecule has 5 aromatic rings. The highest BCUT2D eigenvalue weighted by molar-refractivity contribution is 7.99. The molecule has 8 nitrogen and oxygen atoms in total. The van der Waals surface area contributed by atoms with E-state index in [0.29, 0.717) is 5.82 Å². The first-order valence-corrected chi connectivity index (χ1v) is 9.65. The van der Waals surface area contributed by atoms with E-state index in [1.807, 2.05) is 41.9 Å². The molecule has 5 rings (SSSR count). The largest absolute Gasteiger partial charge is 0.316 e. The molecule has 0 amide bonds. The first-order valence-electron chi connectivity index (χ1n) is 8.01. The minimum atomic E-state index is 0.708. The minimum absolute atomic E-state index is 0.708. The van der Waals surface area contributed by atoms with E-state index in [2.05, 4.69) is 35.5 Å². The lowest BCUT2D eigenvalue weighted by molar-refractivity contribution is 0.788. The summed E-state index contributed by atoms with van der Waals surface area (Å²) in [6, 6.07) is 9.85. The summed E-state index contributed by atoms with van der Waals surface area (Å²) in [6.07, 6.45) is 4.99. The molecule has 0 saturated heterocycles. The van der Waals surface area contributed by atoms with Crippen LogP contribution in [0.3, 0.4) is 0 Å². The number of thiazole rings is 1. The van der Waals surface area contributed by atoms with Gasteiger partial charge in [-0.05, 0) is 42.1 Å². The maximum absolute atomic E-state index is 4.57. The Kier molecular flexibility index (Phi) is 3.91. The second-order valence-electron chi connectivity index (χ2n) is 5.70. The predicted molar refractivity (Wildman–Crippen MR) is 105 cm³/mol. The Hall–Kier alpha value is -3.11. The average molecular weight is 392 g/mol. The number of rotatable bonds is 4. The van der Waals surface area contributed by atoms with Crippen LogP contribution in [0.5, 0.6) is 0 Å². The first kappa shape index (κ1) is 16.1. The second kappa shape index (κ2) is 6.56. The van der Waals surface area contributed by atoms with Gasteiger partial charge in [-0.15, -0.1) is 10.2 Å². The molecule has 0 aliphatic carbocycles. The lowest BCUT2D eigenvalue weighted by Crippen LogP contribution is -1.96. The Labute approximate surface area is 161 Å². The summed E-state index contributed by atoms with van der Waals surface area (Å²) in [4.78, 5) is 19.6. The van der Waals surface area contributed by atoms with Crippen LogP contribution in [0, 0.1) is 0 Å².